The lowest BCUT2D eigenvalue weighted by molar-refractivity contribution is -0.124. The lowest BCUT2D eigenvalue weighted by Gasteiger charge is -2.14. The normalized spacial score (nSPS) is 11.8. The number of aromatic nitrogens is 3. The first-order chi connectivity index (χ1) is 12.5. The van der Waals surface area contributed by atoms with E-state index in [2.05, 4.69) is 15.4 Å². The smallest absolute Gasteiger partial charge is 0.244 e. The molecule has 0 spiro atoms. The number of pyridine rings is 1. The molecule has 1 N–H and O–H groups in total. The van der Waals surface area contributed by atoms with E-state index in [-0.39, 0.29) is 24.1 Å². The first-order valence-corrected chi connectivity index (χ1v) is 7.88. The number of rotatable bonds is 6. The fourth-order valence-corrected chi connectivity index (χ4v) is 2.26. The topological polar surface area (TPSA) is 69.0 Å². The first kappa shape index (κ1) is 17.5. The van der Waals surface area contributed by atoms with E-state index in [0.29, 0.717) is 5.56 Å². The molecule has 1 amide bonds. The summed E-state index contributed by atoms with van der Waals surface area (Å²) in [5, 5.41) is 6.81. The quantitative estimate of drug-likeness (QED) is 0.735. The van der Waals surface area contributed by atoms with Gasteiger partial charge in [-0.05, 0) is 31.2 Å². The lowest BCUT2D eigenvalue weighted by atomic mass is 10.2. The van der Waals surface area contributed by atoms with Gasteiger partial charge in [0.05, 0.1) is 0 Å². The third kappa shape index (κ3) is 4.02. The van der Waals surface area contributed by atoms with Crippen molar-refractivity contribution >= 4 is 5.91 Å². The van der Waals surface area contributed by atoms with Gasteiger partial charge in [-0.25, -0.2) is 13.8 Å². The van der Waals surface area contributed by atoms with Gasteiger partial charge in [-0.15, -0.1) is 0 Å². The summed E-state index contributed by atoms with van der Waals surface area (Å²) in [5.41, 5.74) is 0.596. The minimum Gasteiger partial charge on any atom is -0.439 e. The Bertz CT molecular complexity index is 900. The van der Waals surface area contributed by atoms with E-state index < -0.39 is 17.7 Å². The largest absolute Gasteiger partial charge is 0.439 e. The van der Waals surface area contributed by atoms with Crippen LogP contribution in [0.25, 0.3) is 0 Å². The molecule has 1 atom stereocenters. The molecule has 0 aliphatic carbocycles. The Hall–Kier alpha value is -3.29. The summed E-state index contributed by atoms with van der Waals surface area (Å²) in [6.45, 7) is 1.89. The van der Waals surface area contributed by atoms with Gasteiger partial charge < -0.3 is 10.1 Å². The number of halogens is 2. The number of nitrogens with zero attached hydrogens (tertiary/aromatic N) is 3. The van der Waals surface area contributed by atoms with Gasteiger partial charge in [0.1, 0.15) is 11.8 Å². The number of carbonyl (C=O) groups excluding carboxylic acids is 1. The molecule has 6 nitrogen and oxygen atoms in total. The maximum Gasteiger partial charge on any atom is 0.244 e. The number of hydrogen-bond acceptors (Lipinski definition) is 4. The second kappa shape index (κ2) is 7.73. The standard InChI is InChI=1S/C18H16F2N4O2/c1-12(24-9-3-8-23-24)17(25)22-11-13-4-2-7-21-18(13)26-14-5-6-15(19)16(20)10-14/h2-10,12H,11H2,1H3,(H,22,25). The molecule has 134 valence electrons. The van der Waals surface area contributed by atoms with Gasteiger partial charge in [-0.2, -0.15) is 5.10 Å². The van der Waals surface area contributed by atoms with E-state index in [4.69, 9.17) is 4.74 Å². The van der Waals surface area contributed by atoms with E-state index >= 15 is 0 Å². The molecule has 2 heterocycles. The van der Waals surface area contributed by atoms with Crippen LogP contribution < -0.4 is 10.1 Å². The Morgan fingerprint density at radius 2 is 2.08 bits per heavy atom. The maximum atomic E-state index is 13.3. The Labute approximate surface area is 148 Å². The van der Waals surface area contributed by atoms with Gasteiger partial charge in [0.15, 0.2) is 11.6 Å². The van der Waals surface area contributed by atoms with Gasteiger partial charge in [0.25, 0.3) is 0 Å². The number of carbonyl (C=O) groups is 1. The molecule has 2 aromatic heterocycles. The highest BCUT2D eigenvalue weighted by Crippen LogP contribution is 2.24. The summed E-state index contributed by atoms with van der Waals surface area (Å²) in [7, 11) is 0. The molecule has 8 heteroatoms. The van der Waals surface area contributed by atoms with E-state index in [9.17, 15) is 13.6 Å². The van der Waals surface area contributed by atoms with E-state index in [1.807, 2.05) is 0 Å². The van der Waals surface area contributed by atoms with Crippen molar-refractivity contribution in [1.82, 2.24) is 20.1 Å². The number of ether oxygens (including phenoxy) is 1. The van der Waals surface area contributed by atoms with Crippen molar-refractivity contribution in [3.8, 4) is 11.6 Å². The molecule has 26 heavy (non-hydrogen) atoms. The fourth-order valence-electron chi connectivity index (χ4n) is 2.26. The van der Waals surface area contributed by atoms with E-state index in [1.54, 1.807) is 37.5 Å². The predicted molar refractivity (Wildman–Crippen MR) is 89.5 cm³/mol. The predicted octanol–water partition coefficient (Wildman–Crippen LogP) is 3.23. The van der Waals surface area contributed by atoms with Crippen LogP contribution in [0.4, 0.5) is 8.78 Å². The molecule has 3 aromatic rings. The molecular weight excluding hydrogens is 342 g/mol. The molecular formula is C18H16F2N4O2. The number of nitrogens with one attached hydrogen (secondary N) is 1. The Morgan fingerprint density at radius 3 is 2.81 bits per heavy atom. The summed E-state index contributed by atoms with van der Waals surface area (Å²) in [6.07, 6.45) is 4.80. The highest BCUT2D eigenvalue weighted by molar-refractivity contribution is 5.79. The molecule has 0 aliphatic rings. The molecule has 0 saturated carbocycles. The van der Waals surface area contributed by atoms with Gasteiger partial charge in [-0.1, -0.05) is 6.07 Å². The zero-order valence-corrected chi connectivity index (χ0v) is 13.9. The van der Waals surface area contributed by atoms with Crippen molar-refractivity contribution in [3.05, 3.63) is 72.2 Å². The van der Waals surface area contributed by atoms with Gasteiger partial charge in [0.2, 0.25) is 11.8 Å². The maximum absolute atomic E-state index is 13.3. The third-order valence-electron chi connectivity index (χ3n) is 3.71. The average Bonchev–Trinajstić information content (AvgIpc) is 3.18. The number of hydrogen-bond donors (Lipinski definition) is 1. The van der Waals surface area contributed by atoms with Crippen LogP contribution in [0.1, 0.15) is 18.5 Å². The van der Waals surface area contributed by atoms with Crippen molar-refractivity contribution in [2.75, 3.05) is 0 Å². The number of benzene rings is 1. The molecule has 1 unspecified atom stereocenters. The van der Waals surface area contributed by atoms with Gasteiger partial charge in [0, 0.05) is 36.8 Å². The van der Waals surface area contributed by atoms with Gasteiger partial charge in [-0.3, -0.25) is 9.48 Å². The van der Waals surface area contributed by atoms with E-state index in [0.717, 1.165) is 12.1 Å². The van der Waals surface area contributed by atoms with Crippen molar-refractivity contribution in [1.29, 1.82) is 0 Å². The second-order valence-electron chi connectivity index (χ2n) is 5.53. The van der Waals surface area contributed by atoms with Crippen molar-refractivity contribution < 1.29 is 18.3 Å². The molecule has 0 fully saturated rings. The summed E-state index contributed by atoms with van der Waals surface area (Å²) in [6, 6.07) is 7.88. The van der Waals surface area contributed by atoms with Crippen LogP contribution in [0.15, 0.2) is 55.0 Å². The monoisotopic (exact) mass is 358 g/mol. The SMILES string of the molecule is CC(C(=O)NCc1cccnc1Oc1ccc(F)c(F)c1)n1cccn1. The third-order valence-corrected chi connectivity index (χ3v) is 3.71. The Kier molecular flexibility index (Phi) is 5.21. The lowest BCUT2D eigenvalue weighted by Crippen LogP contribution is -2.31. The van der Waals surface area contributed by atoms with Crippen molar-refractivity contribution in [2.45, 2.75) is 19.5 Å². The van der Waals surface area contributed by atoms with Crippen LogP contribution in [0.5, 0.6) is 11.6 Å². The molecule has 0 bridgehead atoms. The summed E-state index contributed by atoms with van der Waals surface area (Å²) >= 11 is 0. The summed E-state index contributed by atoms with van der Waals surface area (Å²) < 4.78 is 33.4. The first-order valence-electron chi connectivity index (χ1n) is 7.88. The minimum atomic E-state index is -1.01. The van der Waals surface area contributed by atoms with Crippen LogP contribution in [-0.4, -0.2) is 20.7 Å². The molecule has 0 aliphatic heterocycles. The highest BCUT2D eigenvalue weighted by atomic mass is 19.2. The average molecular weight is 358 g/mol. The van der Waals surface area contributed by atoms with Crippen LogP contribution in [0, 0.1) is 11.6 Å². The van der Waals surface area contributed by atoms with Crippen LogP contribution in [0.2, 0.25) is 0 Å². The van der Waals surface area contributed by atoms with Crippen molar-refractivity contribution in [2.24, 2.45) is 0 Å². The van der Waals surface area contributed by atoms with Gasteiger partial charge >= 0.3 is 0 Å². The fraction of sp³-hybridized carbons (Fsp3) is 0.167. The minimum absolute atomic E-state index is 0.111. The molecule has 1 aromatic carbocycles. The molecule has 0 radical (unpaired) electrons. The molecule has 3 rings (SSSR count). The zero-order valence-electron chi connectivity index (χ0n) is 13.9. The van der Waals surface area contributed by atoms with Crippen LogP contribution in [0.3, 0.4) is 0 Å². The van der Waals surface area contributed by atoms with Crippen LogP contribution >= 0.6 is 0 Å². The highest BCUT2D eigenvalue weighted by Gasteiger charge is 2.16. The molecule has 0 saturated heterocycles. The zero-order chi connectivity index (χ0) is 18.5. The van der Waals surface area contributed by atoms with E-state index in [1.165, 1.54) is 16.9 Å². The van der Waals surface area contributed by atoms with Crippen molar-refractivity contribution in [3.63, 3.8) is 0 Å². The second-order valence-corrected chi connectivity index (χ2v) is 5.53. The van der Waals surface area contributed by atoms with Crippen LogP contribution in [-0.2, 0) is 11.3 Å². The summed E-state index contributed by atoms with van der Waals surface area (Å²) in [5.74, 6) is -1.89. The number of amides is 1. The Morgan fingerprint density at radius 1 is 1.23 bits per heavy atom. The summed E-state index contributed by atoms with van der Waals surface area (Å²) in [4.78, 5) is 16.3. The Balaban J connectivity index is 1.69.